The van der Waals surface area contributed by atoms with E-state index in [1.165, 1.54) is 28.8 Å². The summed E-state index contributed by atoms with van der Waals surface area (Å²) in [5.41, 5.74) is 4.94. The van der Waals surface area contributed by atoms with Crippen LogP contribution in [0.5, 0.6) is 0 Å². The summed E-state index contributed by atoms with van der Waals surface area (Å²) in [6.07, 6.45) is 5.51. The van der Waals surface area contributed by atoms with Gasteiger partial charge in [-0.3, -0.25) is 24.2 Å². The number of hydrazine groups is 1. The van der Waals surface area contributed by atoms with Gasteiger partial charge in [0.05, 0.1) is 5.54 Å². The molecule has 3 aromatic rings. The summed E-state index contributed by atoms with van der Waals surface area (Å²) in [7, 11) is 3.27. The largest absolute Gasteiger partial charge is 0.355 e. The number of carbonyl (C=O) groups is 4. The number of nitrogens with one attached hydrogen (secondary N) is 4. The van der Waals surface area contributed by atoms with E-state index in [2.05, 4.69) is 51.7 Å². The second-order valence-corrected chi connectivity index (χ2v) is 9.21. The number of fused-ring (bicyclic) bond motifs is 1. The van der Waals surface area contributed by atoms with Gasteiger partial charge in [-0.25, -0.2) is 5.43 Å². The van der Waals surface area contributed by atoms with Crippen LogP contribution in [0.25, 0.3) is 10.8 Å². The summed E-state index contributed by atoms with van der Waals surface area (Å²) < 4.78 is 0. The van der Waals surface area contributed by atoms with E-state index in [9.17, 15) is 19.2 Å². The molecule has 3 aromatic carbocycles. The molecule has 1 fully saturated rings. The highest BCUT2D eigenvalue weighted by molar-refractivity contribution is 5.96. The molecule has 0 bridgehead atoms. The van der Waals surface area contributed by atoms with Crippen LogP contribution in [-0.4, -0.2) is 49.8 Å². The highest BCUT2D eigenvalue weighted by Gasteiger charge is 2.46. The highest BCUT2D eigenvalue weighted by Crippen LogP contribution is 2.46. The van der Waals surface area contributed by atoms with Crippen molar-refractivity contribution in [3.8, 4) is 0 Å². The Morgan fingerprint density at radius 1 is 0.974 bits per heavy atom. The van der Waals surface area contributed by atoms with Crippen molar-refractivity contribution in [3.05, 3.63) is 95.6 Å². The van der Waals surface area contributed by atoms with E-state index in [4.69, 9.17) is 0 Å². The van der Waals surface area contributed by atoms with Crippen LogP contribution >= 0.6 is 0 Å². The number of benzene rings is 3. The lowest BCUT2D eigenvalue weighted by Gasteiger charge is -2.20. The van der Waals surface area contributed by atoms with Gasteiger partial charge in [-0.2, -0.15) is 0 Å². The van der Waals surface area contributed by atoms with Crippen LogP contribution in [0.3, 0.4) is 0 Å². The molecule has 0 aliphatic heterocycles. The van der Waals surface area contributed by atoms with Crippen LogP contribution < -0.4 is 21.4 Å². The van der Waals surface area contributed by atoms with Crippen molar-refractivity contribution in [2.24, 2.45) is 0 Å². The Bertz CT molecular complexity index is 1350. The molecule has 9 nitrogen and oxygen atoms in total. The summed E-state index contributed by atoms with van der Waals surface area (Å²) in [4.78, 5) is 45.0. The van der Waals surface area contributed by atoms with E-state index in [1.807, 2.05) is 30.3 Å². The van der Waals surface area contributed by atoms with E-state index >= 15 is 0 Å². The van der Waals surface area contributed by atoms with Crippen molar-refractivity contribution < 1.29 is 19.2 Å². The standard InChI is InChI=1S/C22H20N2O2.C8H15N3O2/c25-15-23-14-18-7-3-4-8-20(18)21(26)24-22(11-12-22)19-10-9-16-5-1-2-6-17(16)13-19;1-7(12)10-6-4-5-8(13)11(3)9-2/h1-10,13,15H,11-12,14H2,(H,23,25)(H,24,26);4-5,9H,6H2,1-3H3,(H,10,12)/b;5-4+. The van der Waals surface area contributed by atoms with Crippen LogP contribution in [0.15, 0.2) is 78.9 Å². The summed E-state index contributed by atoms with van der Waals surface area (Å²) in [6.45, 7) is 2.14. The first-order valence-electron chi connectivity index (χ1n) is 12.7. The van der Waals surface area contributed by atoms with Gasteiger partial charge in [0, 0.05) is 45.7 Å². The molecule has 4 amide bonds. The number of carbonyl (C=O) groups excluding carboxylic acids is 4. The summed E-state index contributed by atoms with van der Waals surface area (Å²) in [6, 6.07) is 22.0. The second kappa shape index (κ2) is 13.9. The quantitative estimate of drug-likeness (QED) is 0.183. The molecular weight excluding hydrogens is 494 g/mol. The van der Waals surface area contributed by atoms with E-state index in [-0.39, 0.29) is 23.3 Å². The second-order valence-electron chi connectivity index (χ2n) is 9.21. The first-order valence-corrected chi connectivity index (χ1v) is 12.7. The Balaban J connectivity index is 0.000000276. The van der Waals surface area contributed by atoms with Crippen molar-refractivity contribution in [1.29, 1.82) is 0 Å². The average molecular weight is 530 g/mol. The van der Waals surface area contributed by atoms with Gasteiger partial charge < -0.3 is 16.0 Å². The van der Waals surface area contributed by atoms with Crippen molar-refractivity contribution in [3.63, 3.8) is 0 Å². The van der Waals surface area contributed by atoms with E-state index < -0.39 is 0 Å². The predicted molar refractivity (Wildman–Crippen MR) is 151 cm³/mol. The number of amides is 4. The molecule has 204 valence electrons. The molecule has 39 heavy (non-hydrogen) atoms. The maximum atomic E-state index is 12.9. The fourth-order valence-electron chi connectivity index (χ4n) is 4.01. The van der Waals surface area contributed by atoms with Crippen molar-refractivity contribution >= 4 is 34.9 Å². The molecule has 0 unspecified atom stereocenters. The normalized spacial score (nSPS) is 13.1. The minimum absolute atomic E-state index is 0.0982. The summed E-state index contributed by atoms with van der Waals surface area (Å²) in [5.74, 6) is -0.370. The van der Waals surface area contributed by atoms with Gasteiger partial charge in [0.1, 0.15) is 0 Å². The SMILES string of the molecule is CNN(C)C(=O)/C=C/CNC(C)=O.O=CNCc1ccccc1C(=O)NC1(c2ccc3ccccc3c2)CC1. The first kappa shape index (κ1) is 29.1. The van der Waals surface area contributed by atoms with Crippen molar-refractivity contribution in [2.45, 2.75) is 31.8 Å². The monoisotopic (exact) mass is 529 g/mol. The summed E-state index contributed by atoms with van der Waals surface area (Å²) in [5, 5.41) is 12.1. The zero-order valence-corrected chi connectivity index (χ0v) is 22.5. The Morgan fingerprint density at radius 2 is 1.67 bits per heavy atom. The minimum atomic E-state index is -0.285. The smallest absolute Gasteiger partial charge is 0.260 e. The maximum absolute atomic E-state index is 12.9. The van der Waals surface area contributed by atoms with Gasteiger partial charge in [0.15, 0.2) is 0 Å². The van der Waals surface area contributed by atoms with Crippen molar-refractivity contribution in [2.75, 3.05) is 20.6 Å². The van der Waals surface area contributed by atoms with Gasteiger partial charge in [-0.15, -0.1) is 0 Å². The van der Waals surface area contributed by atoms with Crippen LogP contribution in [0.4, 0.5) is 0 Å². The predicted octanol–water partition coefficient (Wildman–Crippen LogP) is 2.78. The molecule has 0 aromatic heterocycles. The van der Waals surface area contributed by atoms with Gasteiger partial charge in [-0.05, 0) is 46.9 Å². The molecule has 1 saturated carbocycles. The third-order valence-corrected chi connectivity index (χ3v) is 6.44. The molecule has 0 heterocycles. The molecule has 1 aliphatic carbocycles. The van der Waals surface area contributed by atoms with Crippen LogP contribution in [0, 0.1) is 0 Å². The number of likely N-dealkylation sites (N-methyl/N-ethyl adjacent to an activating group) is 1. The zero-order valence-electron chi connectivity index (χ0n) is 22.5. The Morgan fingerprint density at radius 3 is 2.33 bits per heavy atom. The van der Waals surface area contributed by atoms with E-state index in [0.29, 0.717) is 25.1 Å². The zero-order chi connectivity index (χ0) is 28.3. The highest BCUT2D eigenvalue weighted by atomic mass is 16.2. The molecule has 9 heteroatoms. The third-order valence-electron chi connectivity index (χ3n) is 6.44. The maximum Gasteiger partial charge on any atom is 0.260 e. The molecule has 1 aliphatic rings. The van der Waals surface area contributed by atoms with Crippen LogP contribution in [0.1, 0.15) is 41.3 Å². The fraction of sp³-hybridized carbons (Fsp3) is 0.267. The van der Waals surface area contributed by atoms with Gasteiger partial charge in [0.25, 0.3) is 11.8 Å². The number of hydrogen-bond donors (Lipinski definition) is 4. The molecule has 0 atom stereocenters. The Labute approximate surface area is 228 Å². The van der Waals surface area contributed by atoms with Gasteiger partial charge in [-0.1, -0.05) is 60.7 Å². The van der Waals surface area contributed by atoms with Crippen LogP contribution in [0.2, 0.25) is 0 Å². The molecule has 0 spiro atoms. The molecule has 0 saturated heterocycles. The molecule has 4 N–H and O–H groups in total. The molecule has 0 radical (unpaired) electrons. The first-order chi connectivity index (χ1) is 18.8. The molecular formula is C30H35N5O4. The lowest BCUT2D eigenvalue weighted by molar-refractivity contribution is -0.127. The lowest BCUT2D eigenvalue weighted by Crippen LogP contribution is -2.35. The van der Waals surface area contributed by atoms with E-state index in [0.717, 1.165) is 24.0 Å². The fourth-order valence-corrected chi connectivity index (χ4v) is 4.01. The minimum Gasteiger partial charge on any atom is -0.355 e. The van der Waals surface area contributed by atoms with Crippen molar-refractivity contribution in [1.82, 2.24) is 26.4 Å². The van der Waals surface area contributed by atoms with Crippen LogP contribution in [-0.2, 0) is 26.5 Å². The lowest BCUT2D eigenvalue weighted by atomic mass is 9.99. The van der Waals surface area contributed by atoms with Gasteiger partial charge >= 0.3 is 0 Å². The number of nitrogens with zero attached hydrogens (tertiary/aromatic N) is 1. The third kappa shape index (κ3) is 8.24. The van der Waals surface area contributed by atoms with Gasteiger partial charge in [0.2, 0.25) is 12.3 Å². The number of hydrogen-bond acceptors (Lipinski definition) is 5. The summed E-state index contributed by atoms with van der Waals surface area (Å²) >= 11 is 0. The average Bonchev–Trinajstić information content (AvgIpc) is 3.74. The Kier molecular flexibility index (Phi) is 10.3. The Hall–Kier alpha value is -4.50. The topological polar surface area (TPSA) is 120 Å². The van der Waals surface area contributed by atoms with E-state index in [1.54, 1.807) is 26.2 Å². The molecule has 4 rings (SSSR count). The number of rotatable bonds is 10.